The second-order valence-corrected chi connectivity index (χ2v) is 8.82. The van der Waals surface area contributed by atoms with Gasteiger partial charge in [0.1, 0.15) is 18.0 Å². The van der Waals surface area contributed by atoms with Gasteiger partial charge in [0.25, 0.3) is 0 Å². The average molecular weight is 470 g/mol. The minimum atomic E-state index is -0.738. The summed E-state index contributed by atoms with van der Waals surface area (Å²) >= 11 is 0. The highest BCUT2D eigenvalue weighted by Crippen LogP contribution is 2.24. The van der Waals surface area contributed by atoms with Gasteiger partial charge in [0, 0.05) is 24.2 Å². The first-order chi connectivity index (χ1) is 16.1. The SMILES string of the molecule is CC(C)(C)OC(=O)N1C[C@@H](N=[N+]=[N-])C[C@@H]1Cn1ccc(NC(=O)OCc2ccccc2)nc1=O. The first-order valence-corrected chi connectivity index (χ1v) is 10.7. The lowest BCUT2D eigenvalue weighted by Crippen LogP contribution is -2.43. The van der Waals surface area contributed by atoms with E-state index in [1.54, 1.807) is 20.8 Å². The number of nitrogens with zero attached hydrogens (tertiary/aromatic N) is 6. The number of carbonyl (C=O) groups excluding carboxylic acids is 2. The Morgan fingerprint density at radius 2 is 2.00 bits per heavy atom. The number of hydrogen-bond donors (Lipinski definition) is 1. The molecule has 1 aliphatic heterocycles. The number of rotatable bonds is 6. The Bertz CT molecular complexity index is 1120. The summed E-state index contributed by atoms with van der Waals surface area (Å²) in [5, 5.41) is 6.14. The molecule has 0 aliphatic carbocycles. The molecule has 34 heavy (non-hydrogen) atoms. The maximum atomic E-state index is 12.6. The predicted octanol–water partition coefficient (Wildman–Crippen LogP) is 3.68. The van der Waals surface area contributed by atoms with Crippen LogP contribution in [-0.4, -0.2) is 50.9 Å². The normalized spacial score (nSPS) is 17.6. The van der Waals surface area contributed by atoms with E-state index < -0.39 is 35.6 Å². The average Bonchev–Trinajstić information content (AvgIpc) is 3.16. The summed E-state index contributed by atoms with van der Waals surface area (Å²) in [6.07, 6.45) is 0.559. The number of hydrogen-bond acceptors (Lipinski definition) is 7. The van der Waals surface area contributed by atoms with E-state index in [9.17, 15) is 14.4 Å². The molecule has 1 aromatic heterocycles. The monoisotopic (exact) mass is 469 g/mol. The van der Waals surface area contributed by atoms with Crippen LogP contribution < -0.4 is 11.0 Å². The summed E-state index contributed by atoms with van der Waals surface area (Å²) in [5.41, 5.74) is 8.29. The van der Waals surface area contributed by atoms with Gasteiger partial charge in [0.2, 0.25) is 0 Å². The van der Waals surface area contributed by atoms with Crippen LogP contribution in [0.4, 0.5) is 15.4 Å². The third kappa shape index (κ3) is 6.97. The molecule has 2 heterocycles. The highest BCUT2D eigenvalue weighted by Gasteiger charge is 2.37. The molecule has 3 rings (SSSR count). The third-order valence-electron chi connectivity index (χ3n) is 4.96. The van der Waals surface area contributed by atoms with Crippen molar-refractivity contribution in [2.45, 2.75) is 58.0 Å². The van der Waals surface area contributed by atoms with Gasteiger partial charge in [-0.15, -0.1) is 0 Å². The van der Waals surface area contributed by atoms with Crippen LogP contribution in [0.1, 0.15) is 32.8 Å². The molecule has 0 saturated carbocycles. The number of likely N-dealkylation sites (tertiary alicyclic amines) is 1. The van der Waals surface area contributed by atoms with E-state index in [0.717, 1.165) is 5.56 Å². The topological polar surface area (TPSA) is 152 Å². The fourth-order valence-corrected chi connectivity index (χ4v) is 3.49. The van der Waals surface area contributed by atoms with Crippen LogP contribution >= 0.6 is 0 Å². The molecule has 0 unspecified atom stereocenters. The maximum Gasteiger partial charge on any atom is 0.413 e. The quantitative estimate of drug-likeness (QED) is 0.387. The Labute approximate surface area is 196 Å². The molecule has 2 atom stereocenters. The molecule has 2 amide bonds. The van der Waals surface area contributed by atoms with Crippen molar-refractivity contribution >= 4 is 18.0 Å². The number of amides is 2. The van der Waals surface area contributed by atoms with Crippen molar-refractivity contribution in [1.29, 1.82) is 0 Å². The van der Waals surface area contributed by atoms with Crippen LogP contribution in [0.3, 0.4) is 0 Å². The molecule has 0 spiro atoms. The van der Waals surface area contributed by atoms with E-state index in [2.05, 4.69) is 20.3 Å². The Morgan fingerprint density at radius 3 is 2.65 bits per heavy atom. The number of azide groups is 1. The minimum Gasteiger partial charge on any atom is -0.444 e. The molecule has 1 saturated heterocycles. The summed E-state index contributed by atoms with van der Waals surface area (Å²) in [5.74, 6) is 0.0432. The largest absolute Gasteiger partial charge is 0.444 e. The summed E-state index contributed by atoms with van der Waals surface area (Å²) < 4.78 is 11.9. The molecule has 12 heteroatoms. The summed E-state index contributed by atoms with van der Waals surface area (Å²) in [7, 11) is 0. The van der Waals surface area contributed by atoms with Crippen LogP contribution in [0.25, 0.3) is 10.4 Å². The second kappa shape index (κ2) is 10.7. The molecule has 1 N–H and O–H groups in total. The van der Waals surface area contributed by atoms with Gasteiger partial charge in [-0.1, -0.05) is 35.4 Å². The van der Waals surface area contributed by atoms with Crippen molar-refractivity contribution in [2.75, 3.05) is 11.9 Å². The Kier molecular flexibility index (Phi) is 7.75. The summed E-state index contributed by atoms with van der Waals surface area (Å²) in [4.78, 5) is 45.4. The van der Waals surface area contributed by atoms with Gasteiger partial charge < -0.3 is 14.4 Å². The van der Waals surface area contributed by atoms with Crippen LogP contribution in [0.5, 0.6) is 0 Å². The number of anilines is 1. The van der Waals surface area contributed by atoms with Gasteiger partial charge in [0.05, 0.1) is 12.1 Å². The maximum absolute atomic E-state index is 12.6. The highest BCUT2D eigenvalue weighted by molar-refractivity contribution is 5.83. The number of benzene rings is 1. The van der Waals surface area contributed by atoms with Crippen molar-refractivity contribution in [3.05, 3.63) is 69.1 Å². The van der Waals surface area contributed by atoms with Gasteiger partial charge in [-0.2, -0.15) is 4.98 Å². The fourth-order valence-electron chi connectivity index (χ4n) is 3.49. The van der Waals surface area contributed by atoms with E-state index in [0.29, 0.717) is 6.42 Å². The smallest absolute Gasteiger partial charge is 0.413 e. The zero-order chi connectivity index (χ0) is 24.7. The molecule has 2 aromatic rings. The standard InChI is InChI=1S/C22H27N7O5/c1-22(2,3)34-21(32)29-12-16(26-27-23)11-17(29)13-28-10-9-18(24-19(28)30)25-20(31)33-14-15-7-5-4-6-8-15/h4-10,16-17H,11-14H2,1-3H3,(H,24,25,30,31)/t16-,17+/m0/s1. The zero-order valence-electron chi connectivity index (χ0n) is 19.2. The molecule has 1 fully saturated rings. The van der Waals surface area contributed by atoms with Gasteiger partial charge in [-0.3, -0.25) is 9.88 Å². The Balaban J connectivity index is 1.64. The van der Waals surface area contributed by atoms with E-state index in [1.807, 2.05) is 30.3 Å². The molecule has 12 nitrogen and oxygen atoms in total. The van der Waals surface area contributed by atoms with Crippen LogP contribution in [0.2, 0.25) is 0 Å². The van der Waals surface area contributed by atoms with Gasteiger partial charge in [-0.05, 0) is 44.4 Å². The van der Waals surface area contributed by atoms with Crippen LogP contribution in [0, 0.1) is 0 Å². The predicted molar refractivity (Wildman–Crippen MR) is 123 cm³/mol. The molecule has 1 aliphatic rings. The van der Waals surface area contributed by atoms with Crippen molar-refractivity contribution in [2.24, 2.45) is 5.11 Å². The molecular weight excluding hydrogens is 442 g/mol. The summed E-state index contributed by atoms with van der Waals surface area (Å²) in [6.45, 7) is 5.67. The van der Waals surface area contributed by atoms with Gasteiger partial charge in [-0.25, -0.2) is 14.4 Å². The van der Waals surface area contributed by atoms with Crippen molar-refractivity contribution in [3.8, 4) is 0 Å². The van der Waals surface area contributed by atoms with Crippen molar-refractivity contribution in [3.63, 3.8) is 0 Å². The van der Waals surface area contributed by atoms with E-state index in [1.165, 1.54) is 21.7 Å². The lowest BCUT2D eigenvalue weighted by atomic mass is 10.2. The molecule has 1 aromatic carbocycles. The highest BCUT2D eigenvalue weighted by atomic mass is 16.6. The summed E-state index contributed by atoms with van der Waals surface area (Å²) in [6, 6.07) is 9.78. The first-order valence-electron chi connectivity index (χ1n) is 10.7. The molecule has 180 valence electrons. The zero-order valence-corrected chi connectivity index (χ0v) is 19.2. The second-order valence-electron chi connectivity index (χ2n) is 8.82. The minimum absolute atomic E-state index is 0.0432. The van der Waals surface area contributed by atoms with Crippen LogP contribution in [-0.2, 0) is 22.6 Å². The number of ether oxygens (including phenoxy) is 2. The molecule has 0 radical (unpaired) electrons. The molecular formula is C22H27N7O5. The lowest BCUT2D eigenvalue weighted by Gasteiger charge is -2.28. The first kappa shape index (κ1) is 24.6. The van der Waals surface area contributed by atoms with Gasteiger partial charge in [0.15, 0.2) is 0 Å². The van der Waals surface area contributed by atoms with Crippen molar-refractivity contribution < 1.29 is 19.1 Å². The van der Waals surface area contributed by atoms with E-state index in [-0.39, 0.29) is 25.5 Å². The van der Waals surface area contributed by atoms with Crippen LogP contribution in [0.15, 0.2) is 52.5 Å². The number of aromatic nitrogens is 2. The third-order valence-corrected chi connectivity index (χ3v) is 4.96. The lowest BCUT2D eigenvalue weighted by molar-refractivity contribution is 0.0211. The van der Waals surface area contributed by atoms with Crippen molar-refractivity contribution in [1.82, 2.24) is 14.5 Å². The number of nitrogens with one attached hydrogen (secondary N) is 1. The van der Waals surface area contributed by atoms with E-state index in [4.69, 9.17) is 15.0 Å². The van der Waals surface area contributed by atoms with E-state index >= 15 is 0 Å². The molecule has 0 bridgehead atoms. The number of carbonyl (C=O) groups is 2. The Morgan fingerprint density at radius 1 is 1.26 bits per heavy atom. The Hall–Kier alpha value is -4.05. The fraction of sp³-hybridized carbons (Fsp3) is 0.455. The van der Waals surface area contributed by atoms with Gasteiger partial charge >= 0.3 is 17.9 Å².